The normalized spacial score (nSPS) is 22.1. The van der Waals surface area contributed by atoms with Crippen LogP contribution in [0.1, 0.15) is 58.4 Å². The van der Waals surface area contributed by atoms with Gasteiger partial charge in [-0.3, -0.25) is 9.36 Å². The molecule has 11 heteroatoms. The van der Waals surface area contributed by atoms with E-state index in [1.165, 1.54) is 12.1 Å². The zero-order valence-electron chi connectivity index (χ0n) is 21.1. The van der Waals surface area contributed by atoms with Gasteiger partial charge in [-0.25, -0.2) is 18.7 Å². The van der Waals surface area contributed by atoms with Crippen molar-refractivity contribution in [2.24, 2.45) is 5.92 Å². The Bertz CT molecular complexity index is 1270. The fraction of sp³-hybridized carbons (Fsp3) is 0.538. The third-order valence-corrected chi connectivity index (χ3v) is 7.31. The number of anilines is 3. The number of aliphatic hydroxyl groups is 1. The van der Waals surface area contributed by atoms with Gasteiger partial charge in [-0.2, -0.15) is 4.98 Å². The molecule has 37 heavy (non-hydrogen) atoms. The lowest BCUT2D eigenvalue weighted by Gasteiger charge is -2.33. The fourth-order valence-corrected chi connectivity index (χ4v) is 5.50. The fourth-order valence-electron chi connectivity index (χ4n) is 5.50. The number of aromatic nitrogens is 4. The average molecular weight is 514 g/mol. The average Bonchev–Trinajstić information content (AvgIpc) is 3.49. The number of hydrogen-bond acceptors (Lipinski definition) is 7. The first-order chi connectivity index (χ1) is 17.8. The molecular weight excluding hydrogens is 480 g/mol. The van der Waals surface area contributed by atoms with Gasteiger partial charge in [0.05, 0.1) is 24.5 Å². The van der Waals surface area contributed by atoms with Crippen molar-refractivity contribution in [2.75, 3.05) is 23.8 Å². The maximum atomic E-state index is 14.5. The molecule has 9 nitrogen and oxygen atoms in total. The summed E-state index contributed by atoms with van der Waals surface area (Å²) in [4.78, 5) is 28.7. The first kappa shape index (κ1) is 25.3. The third kappa shape index (κ3) is 5.22. The van der Waals surface area contributed by atoms with Gasteiger partial charge in [0.15, 0.2) is 5.65 Å². The van der Waals surface area contributed by atoms with Crippen molar-refractivity contribution in [3.05, 3.63) is 36.0 Å². The van der Waals surface area contributed by atoms with Gasteiger partial charge in [0.2, 0.25) is 17.8 Å². The van der Waals surface area contributed by atoms with E-state index in [4.69, 9.17) is 4.98 Å². The third-order valence-electron chi connectivity index (χ3n) is 7.31. The first-order valence-electron chi connectivity index (χ1n) is 13.0. The molecule has 3 aromatic rings. The van der Waals surface area contributed by atoms with E-state index in [2.05, 4.69) is 20.6 Å². The summed E-state index contributed by atoms with van der Waals surface area (Å²) < 4.78 is 29.9. The highest BCUT2D eigenvalue weighted by Crippen LogP contribution is 2.38. The Kier molecular flexibility index (Phi) is 7.23. The number of benzene rings is 1. The minimum atomic E-state index is -0.717. The number of hydrogen-bond donors (Lipinski definition) is 3. The molecule has 2 aliphatic rings. The van der Waals surface area contributed by atoms with Crippen LogP contribution in [0.2, 0.25) is 0 Å². The summed E-state index contributed by atoms with van der Waals surface area (Å²) >= 11 is 0. The van der Waals surface area contributed by atoms with E-state index in [0.717, 1.165) is 31.7 Å². The lowest BCUT2D eigenvalue weighted by molar-refractivity contribution is -0.138. The maximum absolute atomic E-state index is 14.5. The Balaban J connectivity index is 1.43. The van der Waals surface area contributed by atoms with Crippen molar-refractivity contribution in [1.29, 1.82) is 0 Å². The SMILES string of the molecule is CC(C)Nc1ncc2nc(Nc3ccc(F)cc3F)n(C3CCC(C(=O)N4CCC[C@@H]4CO)CC3)c2n1. The van der Waals surface area contributed by atoms with E-state index in [-0.39, 0.29) is 42.2 Å². The minimum absolute atomic E-state index is 0.00351. The highest BCUT2D eigenvalue weighted by atomic mass is 19.1. The van der Waals surface area contributed by atoms with Gasteiger partial charge in [-0.1, -0.05) is 0 Å². The van der Waals surface area contributed by atoms with Crippen LogP contribution in [0, 0.1) is 17.6 Å². The second-order valence-corrected chi connectivity index (χ2v) is 10.3. The first-order valence-corrected chi connectivity index (χ1v) is 13.0. The van der Waals surface area contributed by atoms with Gasteiger partial charge in [0.25, 0.3) is 0 Å². The zero-order valence-corrected chi connectivity index (χ0v) is 21.1. The van der Waals surface area contributed by atoms with Gasteiger partial charge in [0.1, 0.15) is 17.2 Å². The number of fused-ring (bicyclic) bond motifs is 1. The van der Waals surface area contributed by atoms with Crippen molar-refractivity contribution >= 4 is 34.7 Å². The van der Waals surface area contributed by atoms with Crippen LogP contribution in [-0.4, -0.2) is 60.7 Å². The van der Waals surface area contributed by atoms with Crippen LogP contribution in [0.15, 0.2) is 24.4 Å². The van der Waals surface area contributed by atoms with E-state index in [9.17, 15) is 18.7 Å². The summed E-state index contributed by atoms with van der Waals surface area (Å²) in [5, 5.41) is 15.9. The molecule has 0 radical (unpaired) electrons. The Morgan fingerprint density at radius 2 is 1.95 bits per heavy atom. The number of carbonyl (C=O) groups excluding carboxylic acids is 1. The van der Waals surface area contributed by atoms with Gasteiger partial charge in [0, 0.05) is 30.6 Å². The standard InChI is InChI=1S/C26H33F2N7O2/c1-15(2)30-25-29-13-22-23(33-25)35(26(32-22)31-21-10-7-17(27)12-20(21)28)18-8-5-16(6-9-18)24(37)34-11-3-4-19(34)14-36/h7,10,12-13,15-16,18-19,36H,3-6,8-9,11,14H2,1-2H3,(H,31,32)(H,29,30,33)/t16?,18?,19-/m1/s1. The van der Waals surface area contributed by atoms with E-state index < -0.39 is 11.6 Å². The Morgan fingerprint density at radius 1 is 1.16 bits per heavy atom. The number of nitrogens with one attached hydrogen (secondary N) is 2. The molecule has 1 amide bonds. The topological polar surface area (TPSA) is 108 Å². The summed E-state index contributed by atoms with van der Waals surface area (Å²) in [5.74, 6) is -0.469. The zero-order chi connectivity index (χ0) is 26.1. The van der Waals surface area contributed by atoms with Crippen LogP contribution in [0.25, 0.3) is 11.2 Å². The number of aliphatic hydroxyl groups excluding tert-OH is 1. The molecule has 0 spiro atoms. The van der Waals surface area contributed by atoms with Crippen LogP contribution < -0.4 is 10.6 Å². The van der Waals surface area contributed by atoms with Crippen molar-refractivity contribution in [3.63, 3.8) is 0 Å². The molecule has 1 saturated heterocycles. The van der Waals surface area contributed by atoms with Crippen molar-refractivity contribution in [3.8, 4) is 0 Å². The monoisotopic (exact) mass is 513 g/mol. The molecule has 1 aliphatic carbocycles. The van der Waals surface area contributed by atoms with Crippen molar-refractivity contribution in [2.45, 2.75) is 70.5 Å². The summed E-state index contributed by atoms with van der Waals surface area (Å²) in [5.41, 5.74) is 1.28. The number of rotatable bonds is 7. The summed E-state index contributed by atoms with van der Waals surface area (Å²) in [6.45, 7) is 4.70. The predicted octanol–water partition coefficient (Wildman–Crippen LogP) is 4.38. The Morgan fingerprint density at radius 3 is 2.65 bits per heavy atom. The van der Waals surface area contributed by atoms with Crippen molar-refractivity contribution < 1.29 is 18.7 Å². The number of nitrogens with zero attached hydrogens (tertiary/aromatic N) is 5. The second kappa shape index (κ2) is 10.6. The molecule has 3 heterocycles. The van der Waals surface area contributed by atoms with Gasteiger partial charge < -0.3 is 20.6 Å². The number of amides is 1. The Hall–Kier alpha value is -3.34. The molecule has 1 aromatic carbocycles. The van der Waals surface area contributed by atoms with Crippen LogP contribution in [0.3, 0.4) is 0 Å². The minimum Gasteiger partial charge on any atom is -0.394 e. The predicted molar refractivity (Wildman–Crippen MR) is 137 cm³/mol. The van der Waals surface area contributed by atoms with E-state index in [1.54, 1.807) is 6.20 Å². The van der Waals surface area contributed by atoms with Gasteiger partial charge >= 0.3 is 0 Å². The van der Waals surface area contributed by atoms with E-state index >= 15 is 0 Å². The maximum Gasteiger partial charge on any atom is 0.226 e. The van der Waals surface area contributed by atoms with Crippen LogP contribution in [0.5, 0.6) is 0 Å². The molecule has 2 fully saturated rings. The van der Waals surface area contributed by atoms with Crippen LogP contribution in [-0.2, 0) is 4.79 Å². The van der Waals surface area contributed by atoms with Crippen LogP contribution in [0.4, 0.5) is 26.4 Å². The molecular formula is C26H33F2N7O2. The summed E-state index contributed by atoms with van der Waals surface area (Å²) in [7, 11) is 0. The number of imidazole rings is 1. The quantitative estimate of drug-likeness (QED) is 0.430. The lowest BCUT2D eigenvalue weighted by atomic mass is 9.85. The lowest BCUT2D eigenvalue weighted by Crippen LogP contribution is -2.42. The van der Waals surface area contributed by atoms with Gasteiger partial charge in [-0.05, 0) is 64.5 Å². The van der Waals surface area contributed by atoms with E-state index in [1.807, 2.05) is 23.3 Å². The molecule has 0 bridgehead atoms. The number of likely N-dealkylation sites (tertiary alicyclic amines) is 1. The Labute approximate surface area is 214 Å². The smallest absolute Gasteiger partial charge is 0.226 e. The second-order valence-electron chi connectivity index (χ2n) is 10.3. The number of carbonyl (C=O) groups is 1. The highest BCUT2D eigenvalue weighted by Gasteiger charge is 2.36. The molecule has 2 aromatic heterocycles. The molecule has 1 saturated carbocycles. The number of halogens is 2. The molecule has 5 rings (SSSR count). The van der Waals surface area contributed by atoms with Crippen LogP contribution >= 0.6 is 0 Å². The molecule has 3 N–H and O–H groups in total. The van der Waals surface area contributed by atoms with Gasteiger partial charge in [-0.15, -0.1) is 0 Å². The molecule has 1 atom stereocenters. The summed E-state index contributed by atoms with van der Waals surface area (Å²) in [6.07, 6.45) is 6.24. The van der Waals surface area contributed by atoms with E-state index in [0.29, 0.717) is 42.4 Å². The molecule has 0 unspecified atom stereocenters. The summed E-state index contributed by atoms with van der Waals surface area (Å²) in [6, 6.07) is 3.40. The molecule has 1 aliphatic heterocycles. The largest absolute Gasteiger partial charge is 0.394 e. The molecule has 198 valence electrons. The van der Waals surface area contributed by atoms with Crippen molar-refractivity contribution in [1.82, 2.24) is 24.4 Å². The highest BCUT2D eigenvalue weighted by molar-refractivity contribution is 5.80.